The van der Waals surface area contributed by atoms with Gasteiger partial charge in [-0.05, 0) is 31.2 Å². The minimum atomic E-state index is -0.872. The van der Waals surface area contributed by atoms with Crippen molar-refractivity contribution in [2.45, 2.75) is 6.92 Å². The van der Waals surface area contributed by atoms with Gasteiger partial charge in [0.1, 0.15) is 11.6 Å². The topological polar surface area (TPSA) is 64.6 Å². The number of halogens is 2. The largest absolute Gasteiger partial charge is 0.454 e. The van der Waals surface area contributed by atoms with Crippen molar-refractivity contribution in [2.24, 2.45) is 0 Å². The first kappa shape index (κ1) is 15.0. The summed E-state index contributed by atoms with van der Waals surface area (Å²) in [4.78, 5) is 23.9. The number of carbonyl (C=O) groups is 2. The minimum Gasteiger partial charge on any atom is -0.454 e. The standard InChI is InChI=1S/C16H11F2NO4/c1-8(20)10-5-14-15(23-7-22-14)6-13(10)19-16(21)11-4-9(17)2-3-12(11)18/h2-6H,7H2,1H3,(H,19,21). The lowest BCUT2D eigenvalue weighted by molar-refractivity contribution is 0.101. The van der Waals surface area contributed by atoms with Crippen molar-refractivity contribution >= 4 is 17.4 Å². The van der Waals surface area contributed by atoms with Gasteiger partial charge in [0, 0.05) is 11.6 Å². The van der Waals surface area contributed by atoms with Crippen molar-refractivity contribution in [2.75, 3.05) is 12.1 Å². The van der Waals surface area contributed by atoms with E-state index in [2.05, 4.69) is 5.32 Å². The summed E-state index contributed by atoms with van der Waals surface area (Å²) in [5.74, 6) is -2.07. The maximum absolute atomic E-state index is 13.7. The lowest BCUT2D eigenvalue weighted by atomic mass is 10.1. The van der Waals surface area contributed by atoms with E-state index in [1.807, 2.05) is 0 Å². The van der Waals surface area contributed by atoms with Crippen molar-refractivity contribution in [3.63, 3.8) is 0 Å². The molecule has 2 aromatic carbocycles. The summed E-state index contributed by atoms with van der Waals surface area (Å²) in [6.07, 6.45) is 0. The van der Waals surface area contributed by atoms with Gasteiger partial charge in [-0.1, -0.05) is 0 Å². The van der Waals surface area contributed by atoms with Gasteiger partial charge in [0.25, 0.3) is 5.91 Å². The van der Waals surface area contributed by atoms with Crippen LogP contribution in [0.4, 0.5) is 14.5 Å². The van der Waals surface area contributed by atoms with Crippen LogP contribution >= 0.6 is 0 Å². The molecular formula is C16H11F2NO4. The smallest absolute Gasteiger partial charge is 0.258 e. The highest BCUT2D eigenvalue weighted by Crippen LogP contribution is 2.37. The second-order valence-corrected chi connectivity index (χ2v) is 4.89. The average Bonchev–Trinajstić information content (AvgIpc) is 2.95. The van der Waals surface area contributed by atoms with E-state index < -0.39 is 23.1 Å². The van der Waals surface area contributed by atoms with E-state index in [1.54, 1.807) is 0 Å². The van der Waals surface area contributed by atoms with E-state index in [4.69, 9.17) is 9.47 Å². The zero-order valence-corrected chi connectivity index (χ0v) is 12.0. The molecule has 0 aromatic heterocycles. The number of hydrogen-bond donors (Lipinski definition) is 1. The van der Waals surface area contributed by atoms with Crippen LogP contribution < -0.4 is 14.8 Å². The van der Waals surface area contributed by atoms with Gasteiger partial charge in [0.05, 0.1) is 11.3 Å². The molecule has 2 aromatic rings. The van der Waals surface area contributed by atoms with Crippen LogP contribution in [-0.4, -0.2) is 18.5 Å². The molecule has 0 saturated heterocycles. The molecule has 1 aliphatic rings. The highest BCUT2D eigenvalue weighted by Gasteiger charge is 2.21. The number of nitrogens with one attached hydrogen (secondary N) is 1. The highest BCUT2D eigenvalue weighted by atomic mass is 19.1. The van der Waals surface area contributed by atoms with E-state index in [-0.39, 0.29) is 23.8 Å². The number of amides is 1. The van der Waals surface area contributed by atoms with Crippen LogP contribution in [0, 0.1) is 11.6 Å². The third-order valence-corrected chi connectivity index (χ3v) is 3.31. The summed E-state index contributed by atoms with van der Waals surface area (Å²) >= 11 is 0. The minimum absolute atomic E-state index is 0.00258. The Kier molecular flexibility index (Phi) is 3.69. The van der Waals surface area contributed by atoms with Crippen molar-refractivity contribution in [1.29, 1.82) is 0 Å². The molecule has 1 aliphatic heterocycles. The first-order chi connectivity index (χ1) is 11.0. The Bertz CT molecular complexity index is 820. The highest BCUT2D eigenvalue weighted by molar-refractivity contribution is 6.09. The predicted molar refractivity (Wildman–Crippen MR) is 76.9 cm³/mol. The lowest BCUT2D eigenvalue weighted by Gasteiger charge is -2.11. The molecule has 0 bridgehead atoms. The van der Waals surface area contributed by atoms with Gasteiger partial charge in [-0.3, -0.25) is 9.59 Å². The van der Waals surface area contributed by atoms with E-state index in [9.17, 15) is 18.4 Å². The van der Waals surface area contributed by atoms with Crippen LogP contribution in [-0.2, 0) is 0 Å². The summed E-state index contributed by atoms with van der Waals surface area (Å²) in [5.41, 5.74) is -0.146. The molecule has 0 fully saturated rings. The van der Waals surface area contributed by atoms with Crippen LogP contribution in [0.25, 0.3) is 0 Å². The van der Waals surface area contributed by atoms with Gasteiger partial charge < -0.3 is 14.8 Å². The van der Waals surface area contributed by atoms with Crippen LogP contribution in [0.1, 0.15) is 27.6 Å². The molecule has 118 valence electrons. The van der Waals surface area contributed by atoms with E-state index in [0.29, 0.717) is 11.5 Å². The predicted octanol–water partition coefficient (Wildman–Crippen LogP) is 3.15. The molecule has 1 N–H and O–H groups in total. The van der Waals surface area contributed by atoms with Crippen LogP contribution in [0.5, 0.6) is 11.5 Å². The SMILES string of the molecule is CC(=O)c1cc2c(cc1NC(=O)c1cc(F)ccc1F)OCO2. The Morgan fingerprint density at radius 3 is 2.43 bits per heavy atom. The maximum Gasteiger partial charge on any atom is 0.258 e. The fourth-order valence-electron chi connectivity index (χ4n) is 2.20. The molecule has 5 nitrogen and oxygen atoms in total. The van der Waals surface area contributed by atoms with Crippen LogP contribution in [0.15, 0.2) is 30.3 Å². The number of anilines is 1. The third kappa shape index (κ3) is 2.85. The first-order valence-electron chi connectivity index (χ1n) is 6.66. The number of fused-ring (bicyclic) bond motifs is 1. The lowest BCUT2D eigenvalue weighted by Crippen LogP contribution is -2.16. The Balaban J connectivity index is 1.97. The average molecular weight is 319 g/mol. The summed E-state index contributed by atoms with van der Waals surface area (Å²) in [5, 5.41) is 2.40. The summed E-state index contributed by atoms with van der Waals surface area (Å²) in [7, 11) is 0. The third-order valence-electron chi connectivity index (χ3n) is 3.31. The zero-order valence-electron chi connectivity index (χ0n) is 12.0. The van der Waals surface area contributed by atoms with E-state index in [1.165, 1.54) is 19.1 Å². The Hall–Kier alpha value is -2.96. The number of hydrogen-bond acceptors (Lipinski definition) is 4. The van der Waals surface area contributed by atoms with Crippen molar-refractivity contribution < 1.29 is 27.8 Å². The number of ketones is 1. The van der Waals surface area contributed by atoms with Gasteiger partial charge in [0.2, 0.25) is 6.79 Å². The van der Waals surface area contributed by atoms with Gasteiger partial charge in [0.15, 0.2) is 17.3 Å². The molecule has 0 atom stereocenters. The van der Waals surface area contributed by atoms with Gasteiger partial charge in [-0.2, -0.15) is 0 Å². The van der Waals surface area contributed by atoms with Crippen molar-refractivity contribution in [3.05, 3.63) is 53.1 Å². The second kappa shape index (κ2) is 5.68. The summed E-state index contributed by atoms with van der Waals surface area (Å²) in [6.45, 7) is 1.32. The molecule has 7 heteroatoms. The fourth-order valence-corrected chi connectivity index (χ4v) is 2.20. The van der Waals surface area contributed by atoms with Gasteiger partial charge >= 0.3 is 0 Å². The Morgan fingerprint density at radius 1 is 1.04 bits per heavy atom. The quantitative estimate of drug-likeness (QED) is 0.883. The number of Topliss-reactive ketones (excluding diaryl/α,β-unsaturated/α-hetero) is 1. The Labute approximate surface area is 129 Å². The Morgan fingerprint density at radius 2 is 1.74 bits per heavy atom. The number of carbonyl (C=O) groups excluding carboxylic acids is 2. The normalized spacial score (nSPS) is 12.1. The van der Waals surface area contributed by atoms with Gasteiger partial charge in [-0.25, -0.2) is 8.78 Å². The molecule has 0 unspecified atom stereocenters. The summed E-state index contributed by atoms with van der Waals surface area (Å²) in [6, 6.07) is 5.39. The monoisotopic (exact) mass is 319 g/mol. The molecule has 1 heterocycles. The fraction of sp³-hybridized carbons (Fsp3) is 0.125. The molecule has 23 heavy (non-hydrogen) atoms. The molecule has 0 spiro atoms. The zero-order chi connectivity index (χ0) is 16.6. The number of ether oxygens (including phenoxy) is 2. The molecule has 0 radical (unpaired) electrons. The van der Waals surface area contributed by atoms with Crippen molar-refractivity contribution in [3.8, 4) is 11.5 Å². The van der Waals surface area contributed by atoms with Gasteiger partial charge in [-0.15, -0.1) is 0 Å². The number of rotatable bonds is 3. The second-order valence-electron chi connectivity index (χ2n) is 4.89. The molecule has 0 aliphatic carbocycles. The first-order valence-corrected chi connectivity index (χ1v) is 6.66. The molecule has 3 rings (SSSR count). The maximum atomic E-state index is 13.7. The van der Waals surface area contributed by atoms with E-state index >= 15 is 0 Å². The van der Waals surface area contributed by atoms with Crippen LogP contribution in [0.2, 0.25) is 0 Å². The van der Waals surface area contributed by atoms with Crippen molar-refractivity contribution in [1.82, 2.24) is 0 Å². The molecular weight excluding hydrogens is 308 g/mol. The molecule has 0 saturated carbocycles. The number of benzene rings is 2. The van der Waals surface area contributed by atoms with Crippen LogP contribution in [0.3, 0.4) is 0 Å². The summed E-state index contributed by atoms with van der Waals surface area (Å²) < 4.78 is 37.2. The van der Waals surface area contributed by atoms with E-state index in [0.717, 1.165) is 18.2 Å². The molecule has 1 amide bonds.